The zero-order chi connectivity index (χ0) is 17.5. The lowest BCUT2D eigenvalue weighted by atomic mass is 9.80. The molecule has 2 unspecified atom stereocenters. The Balaban J connectivity index is 1.74. The highest BCUT2D eigenvalue weighted by atomic mass is 16.8. The fraction of sp³-hybridized carbons (Fsp3) is 0.300. The molecule has 1 saturated heterocycles. The third kappa shape index (κ3) is 1.85. The van der Waals surface area contributed by atoms with Gasteiger partial charge in [-0.05, 0) is 25.5 Å². The normalized spacial score (nSPS) is 25.4. The summed E-state index contributed by atoms with van der Waals surface area (Å²) < 4.78 is 11.8. The van der Waals surface area contributed by atoms with Crippen LogP contribution in [0.2, 0.25) is 0 Å². The second-order valence-electron chi connectivity index (χ2n) is 7.21. The first-order valence-corrected chi connectivity index (χ1v) is 8.30. The first-order chi connectivity index (χ1) is 11.9. The molecule has 1 heterocycles. The molecule has 0 spiro atoms. The lowest BCUT2D eigenvalue weighted by Crippen LogP contribution is -2.25. The summed E-state index contributed by atoms with van der Waals surface area (Å²) >= 11 is 0. The second-order valence-corrected chi connectivity index (χ2v) is 7.21. The maximum atomic E-state index is 13.1. The average molecular weight is 336 g/mol. The standard InChI is InChI=1S/C20H16O5/c1-20(2)24-14-8-11-15-12(7-13(21)16(11)19(14)25-20)17(22)9-5-3-4-6-10(9)18(15)23/h3-7,14,19,21H,8H2,1-2H3. The van der Waals surface area contributed by atoms with E-state index in [1.54, 1.807) is 24.3 Å². The molecule has 0 aromatic heterocycles. The van der Waals surface area contributed by atoms with Crippen LogP contribution in [0.15, 0.2) is 30.3 Å². The number of phenols is 1. The van der Waals surface area contributed by atoms with Crippen LogP contribution in [0, 0.1) is 0 Å². The molecule has 2 aromatic rings. The molecular formula is C20H16O5. The molecule has 0 radical (unpaired) electrons. The minimum atomic E-state index is -0.734. The highest BCUT2D eigenvalue weighted by Gasteiger charge is 2.50. The molecule has 5 rings (SSSR count). The Hall–Kier alpha value is -2.50. The van der Waals surface area contributed by atoms with Crippen molar-refractivity contribution in [2.75, 3.05) is 0 Å². The molecule has 5 heteroatoms. The summed E-state index contributed by atoms with van der Waals surface area (Å²) in [5, 5.41) is 10.6. The van der Waals surface area contributed by atoms with Crippen molar-refractivity contribution in [2.45, 2.75) is 38.3 Å². The van der Waals surface area contributed by atoms with E-state index in [-0.39, 0.29) is 29.0 Å². The fourth-order valence-electron chi connectivity index (χ4n) is 4.30. The van der Waals surface area contributed by atoms with Crippen molar-refractivity contribution in [3.05, 3.63) is 63.7 Å². The summed E-state index contributed by atoms with van der Waals surface area (Å²) in [4.78, 5) is 25.9. The predicted molar refractivity (Wildman–Crippen MR) is 87.9 cm³/mol. The molecule has 0 saturated carbocycles. The molecule has 2 aliphatic carbocycles. The van der Waals surface area contributed by atoms with E-state index >= 15 is 0 Å². The van der Waals surface area contributed by atoms with Gasteiger partial charge in [0.25, 0.3) is 0 Å². The summed E-state index contributed by atoms with van der Waals surface area (Å²) in [6, 6.07) is 8.20. The first-order valence-electron chi connectivity index (χ1n) is 8.30. The molecule has 3 aliphatic rings. The van der Waals surface area contributed by atoms with Crippen LogP contribution in [0.1, 0.15) is 62.9 Å². The van der Waals surface area contributed by atoms with Gasteiger partial charge in [-0.3, -0.25) is 9.59 Å². The monoisotopic (exact) mass is 336 g/mol. The smallest absolute Gasteiger partial charge is 0.194 e. The second kappa shape index (κ2) is 4.56. The highest BCUT2D eigenvalue weighted by Crippen LogP contribution is 2.51. The minimum Gasteiger partial charge on any atom is -0.508 e. The summed E-state index contributed by atoms with van der Waals surface area (Å²) in [6.45, 7) is 3.65. The van der Waals surface area contributed by atoms with Crippen LogP contribution in [0.5, 0.6) is 5.75 Å². The average Bonchev–Trinajstić information content (AvgIpc) is 3.04. The molecule has 0 amide bonds. The number of fused-ring (bicyclic) bond motifs is 6. The van der Waals surface area contributed by atoms with E-state index < -0.39 is 11.9 Å². The molecule has 5 nitrogen and oxygen atoms in total. The summed E-state index contributed by atoms with van der Waals surface area (Å²) in [5.41, 5.74) is 2.69. The number of hydrogen-bond acceptors (Lipinski definition) is 5. The van der Waals surface area contributed by atoms with Crippen LogP contribution in [0.3, 0.4) is 0 Å². The number of ether oxygens (including phenoxy) is 2. The molecule has 1 N–H and O–H groups in total. The van der Waals surface area contributed by atoms with Crippen molar-refractivity contribution < 1.29 is 24.2 Å². The van der Waals surface area contributed by atoms with Crippen molar-refractivity contribution in [3.8, 4) is 5.75 Å². The number of phenolic OH excluding ortho intramolecular Hbond substituents is 1. The van der Waals surface area contributed by atoms with Crippen LogP contribution in [-0.2, 0) is 15.9 Å². The molecule has 1 aliphatic heterocycles. The van der Waals surface area contributed by atoms with Gasteiger partial charge in [0.2, 0.25) is 0 Å². The first kappa shape index (κ1) is 14.8. The van der Waals surface area contributed by atoms with Crippen LogP contribution >= 0.6 is 0 Å². The number of benzene rings is 2. The van der Waals surface area contributed by atoms with E-state index in [0.29, 0.717) is 34.2 Å². The van der Waals surface area contributed by atoms with E-state index in [4.69, 9.17) is 9.47 Å². The van der Waals surface area contributed by atoms with Gasteiger partial charge < -0.3 is 14.6 Å². The van der Waals surface area contributed by atoms with E-state index in [9.17, 15) is 14.7 Å². The van der Waals surface area contributed by atoms with Gasteiger partial charge in [0.1, 0.15) is 11.9 Å². The Morgan fingerprint density at radius 3 is 2.44 bits per heavy atom. The largest absolute Gasteiger partial charge is 0.508 e. The Bertz CT molecular complexity index is 972. The highest BCUT2D eigenvalue weighted by molar-refractivity contribution is 6.29. The Morgan fingerprint density at radius 2 is 1.72 bits per heavy atom. The fourth-order valence-corrected chi connectivity index (χ4v) is 4.30. The quantitative estimate of drug-likeness (QED) is 0.683. The van der Waals surface area contributed by atoms with Crippen molar-refractivity contribution in [2.24, 2.45) is 0 Å². The number of carbonyl (C=O) groups is 2. The summed E-state index contributed by atoms with van der Waals surface area (Å²) in [6.07, 6.45) is -0.237. The molecule has 2 aromatic carbocycles. The lowest BCUT2D eigenvalue weighted by molar-refractivity contribution is -0.148. The Labute approximate surface area is 144 Å². The zero-order valence-electron chi connectivity index (χ0n) is 13.8. The number of hydrogen-bond donors (Lipinski definition) is 1. The van der Waals surface area contributed by atoms with Gasteiger partial charge in [-0.2, -0.15) is 0 Å². The summed E-state index contributed by atoms with van der Waals surface area (Å²) in [5.74, 6) is -1.16. The topological polar surface area (TPSA) is 72.8 Å². The maximum Gasteiger partial charge on any atom is 0.194 e. The van der Waals surface area contributed by atoms with Crippen molar-refractivity contribution in [1.82, 2.24) is 0 Å². The van der Waals surface area contributed by atoms with Gasteiger partial charge in [0.05, 0.1) is 6.10 Å². The van der Waals surface area contributed by atoms with Crippen molar-refractivity contribution in [1.29, 1.82) is 0 Å². The Kier molecular flexibility index (Phi) is 2.70. The van der Waals surface area contributed by atoms with E-state index in [0.717, 1.165) is 0 Å². The van der Waals surface area contributed by atoms with Crippen molar-refractivity contribution >= 4 is 11.6 Å². The van der Waals surface area contributed by atoms with Gasteiger partial charge in [0.15, 0.2) is 17.4 Å². The van der Waals surface area contributed by atoms with Crippen molar-refractivity contribution in [3.63, 3.8) is 0 Å². The number of rotatable bonds is 0. The van der Waals surface area contributed by atoms with Gasteiger partial charge in [-0.1, -0.05) is 24.3 Å². The number of carbonyl (C=O) groups excluding carboxylic acids is 2. The van der Waals surface area contributed by atoms with Gasteiger partial charge in [-0.15, -0.1) is 0 Å². The van der Waals surface area contributed by atoms with Crippen LogP contribution < -0.4 is 0 Å². The Morgan fingerprint density at radius 1 is 1.04 bits per heavy atom. The third-order valence-electron chi connectivity index (χ3n) is 5.21. The van der Waals surface area contributed by atoms with E-state index in [1.165, 1.54) is 6.07 Å². The molecule has 1 fully saturated rings. The van der Waals surface area contributed by atoms with E-state index in [1.807, 2.05) is 13.8 Å². The molecule has 2 atom stereocenters. The molecule has 25 heavy (non-hydrogen) atoms. The summed E-state index contributed by atoms with van der Waals surface area (Å²) in [7, 11) is 0. The number of ketones is 2. The third-order valence-corrected chi connectivity index (χ3v) is 5.21. The van der Waals surface area contributed by atoms with Gasteiger partial charge in [0, 0.05) is 34.2 Å². The van der Waals surface area contributed by atoms with Gasteiger partial charge in [-0.25, -0.2) is 0 Å². The molecule has 0 bridgehead atoms. The minimum absolute atomic E-state index is 0.0110. The zero-order valence-corrected chi connectivity index (χ0v) is 13.8. The molecule has 126 valence electrons. The van der Waals surface area contributed by atoms with E-state index in [2.05, 4.69) is 0 Å². The van der Waals surface area contributed by atoms with Crippen LogP contribution in [-0.4, -0.2) is 28.6 Å². The molecular weight excluding hydrogens is 320 g/mol. The maximum absolute atomic E-state index is 13.1. The predicted octanol–water partition coefficient (Wildman–Crippen LogP) is 2.92. The number of aromatic hydroxyl groups is 1. The lowest BCUT2D eigenvalue weighted by Gasteiger charge is -2.23. The van der Waals surface area contributed by atoms with Crippen LogP contribution in [0.25, 0.3) is 0 Å². The SMILES string of the molecule is CC1(C)OC2Cc3c4c(cc(O)c3C2O1)C(=O)c1ccccc1C4=O. The van der Waals surface area contributed by atoms with Crippen LogP contribution in [0.4, 0.5) is 0 Å². The van der Waals surface area contributed by atoms with Gasteiger partial charge >= 0.3 is 0 Å².